The fourth-order valence-corrected chi connectivity index (χ4v) is 2.99. The first kappa shape index (κ1) is 22.0. The zero-order valence-electron chi connectivity index (χ0n) is 16.4. The monoisotopic (exact) mass is 493 g/mol. The van der Waals surface area contributed by atoms with E-state index in [1.165, 1.54) is 5.52 Å². The van der Waals surface area contributed by atoms with E-state index < -0.39 is 0 Å². The first-order chi connectivity index (χ1) is 13.3. The van der Waals surface area contributed by atoms with Crippen LogP contribution in [0.3, 0.4) is 0 Å². The second kappa shape index (κ2) is 11.5. The van der Waals surface area contributed by atoms with Crippen molar-refractivity contribution in [2.24, 2.45) is 4.99 Å². The van der Waals surface area contributed by atoms with Gasteiger partial charge in [-0.1, -0.05) is 30.3 Å². The Morgan fingerprint density at radius 1 is 1.11 bits per heavy atom. The molecule has 0 spiro atoms. The van der Waals surface area contributed by atoms with Crippen LogP contribution in [0.5, 0.6) is 5.75 Å². The normalized spacial score (nSPS) is 11.1. The van der Waals surface area contributed by atoms with E-state index in [0.717, 1.165) is 42.3 Å². The Bertz CT molecular complexity index is 893. The molecule has 2 aromatic carbocycles. The molecular weight excluding hydrogens is 465 g/mol. The Morgan fingerprint density at radius 2 is 1.89 bits per heavy atom. The van der Waals surface area contributed by atoms with E-state index in [2.05, 4.69) is 37.3 Å². The van der Waals surface area contributed by atoms with Gasteiger partial charge in [0.05, 0.1) is 24.0 Å². The van der Waals surface area contributed by atoms with Gasteiger partial charge in [0.25, 0.3) is 0 Å². The maximum Gasteiger partial charge on any atom is 0.191 e. The minimum Gasteiger partial charge on any atom is -0.494 e. The SMILES string of the molecule is CCOc1ccccc1CNC(=NC)NCCCn1cnc2ccccc21.I. The number of para-hydroxylation sites is 3. The molecule has 0 unspecified atom stereocenters. The molecule has 0 saturated heterocycles. The smallest absolute Gasteiger partial charge is 0.191 e. The number of aromatic nitrogens is 2. The fraction of sp³-hybridized carbons (Fsp3) is 0.333. The van der Waals surface area contributed by atoms with Crippen LogP contribution in [0.15, 0.2) is 59.9 Å². The first-order valence-electron chi connectivity index (χ1n) is 9.37. The zero-order valence-corrected chi connectivity index (χ0v) is 18.7. The molecule has 1 aromatic heterocycles. The van der Waals surface area contributed by atoms with Gasteiger partial charge in [-0.05, 0) is 31.5 Å². The molecule has 0 aliphatic rings. The van der Waals surface area contributed by atoms with Gasteiger partial charge in [0.1, 0.15) is 5.75 Å². The number of halogens is 1. The van der Waals surface area contributed by atoms with Gasteiger partial charge in [-0.3, -0.25) is 4.99 Å². The third-order valence-electron chi connectivity index (χ3n) is 4.34. The van der Waals surface area contributed by atoms with Crippen LogP contribution in [0.2, 0.25) is 0 Å². The van der Waals surface area contributed by atoms with Gasteiger partial charge < -0.3 is 19.9 Å². The quantitative estimate of drug-likeness (QED) is 0.217. The van der Waals surface area contributed by atoms with Crippen LogP contribution in [0.1, 0.15) is 18.9 Å². The highest BCUT2D eigenvalue weighted by atomic mass is 127. The third kappa shape index (κ3) is 5.85. The van der Waals surface area contributed by atoms with Crippen LogP contribution >= 0.6 is 24.0 Å². The molecule has 2 N–H and O–H groups in total. The molecule has 28 heavy (non-hydrogen) atoms. The van der Waals surface area contributed by atoms with Crippen LogP contribution in [-0.4, -0.2) is 35.7 Å². The van der Waals surface area contributed by atoms with Crippen LogP contribution in [0, 0.1) is 0 Å². The molecule has 3 aromatic rings. The van der Waals surface area contributed by atoms with Crippen molar-refractivity contribution in [3.63, 3.8) is 0 Å². The van der Waals surface area contributed by atoms with Crippen LogP contribution in [0.25, 0.3) is 11.0 Å². The van der Waals surface area contributed by atoms with Gasteiger partial charge in [-0.25, -0.2) is 4.98 Å². The molecule has 0 fully saturated rings. The summed E-state index contributed by atoms with van der Waals surface area (Å²) in [5, 5.41) is 6.71. The summed E-state index contributed by atoms with van der Waals surface area (Å²) in [5.41, 5.74) is 3.33. The molecule has 0 amide bonds. The van der Waals surface area contributed by atoms with Gasteiger partial charge in [0, 0.05) is 32.2 Å². The molecule has 7 heteroatoms. The molecule has 0 bridgehead atoms. The van der Waals surface area contributed by atoms with Crippen LogP contribution in [0.4, 0.5) is 0 Å². The summed E-state index contributed by atoms with van der Waals surface area (Å²) >= 11 is 0. The van der Waals surface area contributed by atoms with Crippen molar-refractivity contribution in [2.75, 3.05) is 20.2 Å². The van der Waals surface area contributed by atoms with E-state index in [4.69, 9.17) is 4.74 Å². The standard InChI is InChI=1S/C21H27N5O.HI/c1-3-27-20-12-7-4-9-17(20)15-24-21(22-2)23-13-8-14-26-16-25-18-10-5-6-11-19(18)26;/h4-7,9-12,16H,3,8,13-15H2,1-2H3,(H2,22,23,24);1H. The Morgan fingerprint density at radius 3 is 2.71 bits per heavy atom. The van der Waals surface area contributed by atoms with Crippen LogP contribution in [-0.2, 0) is 13.1 Å². The number of fused-ring (bicyclic) bond motifs is 1. The van der Waals surface area contributed by atoms with E-state index in [1.807, 2.05) is 49.6 Å². The first-order valence-corrected chi connectivity index (χ1v) is 9.37. The van der Waals surface area contributed by atoms with Gasteiger partial charge in [0.15, 0.2) is 5.96 Å². The van der Waals surface area contributed by atoms with Gasteiger partial charge >= 0.3 is 0 Å². The Balaban J connectivity index is 0.00000280. The second-order valence-electron chi connectivity index (χ2n) is 6.17. The lowest BCUT2D eigenvalue weighted by atomic mass is 10.2. The van der Waals surface area contributed by atoms with E-state index in [9.17, 15) is 0 Å². The number of aryl methyl sites for hydroxylation is 1. The van der Waals surface area contributed by atoms with Crippen molar-refractivity contribution in [2.45, 2.75) is 26.4 Å². The number of hydrogen-bond donors (Lipinski definition) is 2. The average Bonchev–Trinajstić information content (AvgIpc) is 3.12. The predicted octanol–water partition coefficient (Wildman–Crippen LogP) is 3.81. The zero-order chi connectivity index (χ0) is 18.9. The number of guanidine groups is 1. The molecule has 0 aliphatic carbocycles. The fourth-order valence-electron chi connectivity index (χ4n) is 2.99. The Labute approximate surface area is 183 Å². The van der Waals surface area contributed by atoms with Crippen molar-refractivity contribution in [1.29, 1.82) is 0 Å². The topological polar surface area (TPSA) is 63.5 Å². The highest BCUT2D eigenvalue weighted by Gasteiger charge is 2.04. The van der Waals surface area contributed by atoms with Crippen LogP contribution < -0.4 is 15.4 Å². The minimum atomic E-state index is 0. The van der Waals surface area contributed by atoms with Crippen molar-refractivity contribution < 1.29 is 4.74 Å². The molecule has 6 nitrogen and oxygen atoms in total. The largest absolute Gasteiger partial charge is 0.494 e. The molecule has 1 heterocycles. The van der Waals surface area contributed by atoms with Crippen molar-refractivity contribution in [3.8, 4) is 5.75 Å². The minimum absolute atomic E-state index is 0. The maximum absolute atomic E-state index is 5.67. The summed E-state index contributed by atoms with van der Waals surface area (Å²) in [5.74, 6) is 1.70. The molecule has 0 aliphatic heterocycles. The summed E-state index contributed by atoms with van der Waals surface area (Å²) < 4.78 is 7.86. The van der Waals surface area contributed by atoms with E-state index >= 15 is 0 Å². The number of imidazole rings is 1. The number of rotatable bonds is 8. The third-order valence-corrected chi connectivity index (χ3v) is 4.34. The van der Waals surface area contributed by atoms with E-state index in [-0.39, 0.29) is 24.0 Å². The predicted molar refractivity (Wildman–Crippen MR) is 126 cm³/mol. The molecule has 0 saturated carbocycles. The maximum atomic E-state index is 5.67. The van der Waals surface area contributed by atoms with Gasteiger partial charge in [-0.15, -0.1) is 24.0 Å². The summed E-state index contributed by atoms with van der Waals surface area (Å²) in [6.07, 6.45) is 2.89. The molecule has 3 rings (SSSR count). The highest BCUT2D eigenvalue weighted by molar-refractivity contribution is 14.0. The van der Waals surface area contributed by atoms with Gasteiger partial charge in [-0.2, -0.15) is 0 Å². The number of nitrogens with zero attached hydrogens (tertiary/aromatic N) is 3. The number of benzene rings is 2. The van der Waals surface area contributed by atoms with E-state index in [1.54, 1.807) is 7.05 Å². The van der Waals surface area contributed by atoms with Gasteiger partial charge in [0.2, 0.25) is 0 Å². The van der Waals surface area contributed by atoms with E-state index in [0.29, 0.717) is 13.2 Å². The summed E-state index contributed by atoms with van der Waals surface area (Å²) in [6.45, 7) is 5.07. The highest BCUT2D eigenvalue weighted by Crippen LogP contribution is 2.17. The lowest BCUT2D eigenvalue weighted by Crippen LogP contribution is -2.37. The lowest BCUT2D eigenvalue weighted by Gasteiger charge is -2.14. The molecule has 150 valence electrons. The summed E-state index contributed by atoms with van der Waals surface area (Å²) in [4.78, 5) is 8.73. The lowest BCUT2D eigenvalue weighted by molar-refractivity contribution is 0.336. The Kier molecular flexibility index (Phi) is 9.06. The number of nitrogens with one attached hydrogen (secondary N) is 2. The molecular formula is C21H28IN5O. The molecule has 0 radical (unpaired) electrons. The number of ether oxygens (including phenoxy) is 1. The molecule has 0 atom stereocenters. The second-order valence-corrected chi connectivity index (χ2v) is 6.17. The number of hydrogen-bond acceptors (Lipinski definition) is 3. The number of aliphatic imine (C=N–C) groups is 1. The van der Waals surface area contributed by atoms with Crippen molar-refractivity contribution in [1.82, 2.24) is 20.2 Å². The summed E-state index contributed by atoms with van der Waals surface area (Å²) in [7, 11) is 1.78. The Hall–Kier alpha value is -2.29. The summed E-state index contributed by atoms with van der Waals surface area (Å²) in [6, 6.07) is 16.3. The van der Waals surface area contributed by atoms with Crippen molar-refractivity contribution >= 4 is 41.0 Å². The van der Waals surface area contributed by atoms with Crippen molar-refractivity contribution in [3.05, 3.63) is 60.4 Å². The average molecular weight is 493 g/mol.